The minimum Gasteiger partial charge on any atom is -0.491 e. The van der Waals surface area contributed by atoms with Gasteiger partial charge in [0.2, 0.25) is 0 Å². The number of ether oxygens (including phenoxy) is 1. The normalized spacial score (nSPS) is 11.2. The van der Waals surface area contributed by atoms with Crippen LogP contribution in [0.3, 0.4) is 0 Å². The zero-order valence-electron chi connectivity index (χ0n) is 9.94. The lowest BCUT2D eigenvalue weighted by atomic mass is 10.2. The third-order valence-electron chi connectivity index (χ3n) is 2.33. The molecule has 1 aromatic rings. The number of hydrogen-bond acceptors (Lipinski definition) is 4. The Bertz CT molecular complexity index is 543. The largest absolute Gasteiger partial charge is 0.491 e. The van der Waals surface area contributed by atoms with Crippen LogP contribution in [-0.4, -0.2) is 32.4 Å². The summed E-state index contributed by atoms with van der Waals surface area (Å²) in [6, 6.07) is 4.67. The van der Waals surface area contributed by atoms with Crippen LogP contribution in [0.15, 0.2) is 18.2 Å². The van der Waals surface area contributed by atoms with Crippen molar-refractivity contribution in [1.82, 2.24) is 0 Å². The third kappa shape index (κ3) is 4.19. The van der Waals surface area contributed by atoms with Crippen LogP contribution in [0.2, 0.25) is 5.02 Å². The van der Waals surface area contributed by atoms with Gasteiger partial charge in [-0.25, -0.2) is 8.42 Å². The first-order chi connectivity index (χ1) is 8.35. The first-order valence-electron chi connectivity index (χ1n) is 5.33. The Kier molecular flexibility index (Phi) is 4.98. The number of nitrogens with two attached hydrogens (primary N) is 1. The lowest BCUT2D eigenvalue weighted by Crippen LogP contribution is -2.16. The van der Waals surface area contributed by atoms with Gasteiger partial charge in [-0.05, 0) is 18.2 Å². The number of hydrogen-bond donors (Lipinski definition) is 2. The highest BCUT2D eigenvalue weighted by Gasteiger charge is 2.09. The van der Waals surface area contributed by atoms with E-state index in [1.807, 2.05) is 0 Å². The predicted molar refractivity (Wildman–Crippen MR) is 72.3 cm³/mol. The molecule has 3 N–H and O–H groups in total. The highest BCUT2D eigenvalue weighted by Crippen LogP contribution is 2.25. The second-order valence-electron chi connectivity index (χ2n) is 3.64. The predicted octanol–water partition coefficient (Wildman–Crippen LogP) is 1.44. The van der Waals surface area contributed by atoms with Gasteiger partial charge in [0.25, 0.3) is 0 Å². The molecule has 0 unspecified atom stereocenters. The van der Waals surface area contributed by atoms with Crippen molar-refractivity contribution in [2.75, 3.05) is 18.1 Å². The summed E-state index contributed by atoms with van der Waals surface area (Å²) in [6.45, 7) is 1.64. The lowest BCUT2D eigenvalue weighted by Gasteiger charge is -2.09. The van der Waals surface area contributed by atoms with Crippen LogP contribution in [-0.2, 0) is 9.84 Å². The molecule has 0 atom stereocenters. The molecule has 0 spiro atoms. The smallest absolute Gasteiger partial charge is 0.153 e. The molecule has 0 radical (unpaired) electrons. The molecule has 0 saturated heterocycles. The SMILES string of the molecule is CCS(=O)(=O)CCOc1ccc(C(=N)N)cc1Cl. The Morgan fingerprint density at radius 1 is 1.50 bits per heavy atom. The van der Waals surface area contributed by atoms with Crippen LogP contribution in [0.1, 0.15) is 12.5 Å². The molecule has 0 saturated carbocycles. The van der Waals surface area contributed by atoms with E-state index in [2.05, 4.69) is 0 Å². The van der Waals surface area contributed by atoms with Gasteiger partial charge in [-0.1, -0.05) is 18.5 Å². The quantitative estimate of drug-likeness (QED) is 0.612. The van der Waals surface area contributed by atoms with Gasteiger partial charge in [0, 0.05) is 11.3 Å². The van der Waals surface area contributed by atoms with E-state index in [-0.39, 0.29) is 23.9 Å². The van der Waals surface area contributed by atoms with Crippen molar-refractivity contribution in [2.45, 2.75) is 6.92 Å². The van der Waals surface area contributed by atoms with Crippen molar-refractivity contribution in [2.24, 2.45) is 5.73 Å². The van der Waals surface area contributed by atoms with E-state index in [0.29, 0.717) is 16.3 Å². The molecule has 18 heavy (non-hydrogen) atoms. The van der Waals surface area contributed by atoms with E-state index in [1.165, 1.54) is 6.07 Å². The highest BCUT2D eigenvalue weighted by atomic mass is 35.5. The first kappa shape index (κ1) is 14.8. The number of sulfone groups is 1. The van der Waals surface area contributed by atoms with E-state index in [0.717, 1.165) is 0 Å². The average Bonchev–Trinajstić information content (AvgIpc) is 2.31. The fourth-order valence-electron chi connectivity index (χ4n) is 1.21. The summed E-state index contributed by atoms with van der Waals surface area (Å²) in [5, 5.41) is 7.55. The summed E-state index contributed by atoms with van der Waals surface area (Å²) in [5.41, 5.74) is 5.81. The van der Waals surface area contributed by atoms with E-state index in [9.17, 15) is 8.42 Å². The second-order valence-corrected chi connectivity index (χ2v) is 6.52. The number of rotatable bonds is 6. The van der Waals surface area contributed by atoms with E-state index in [4.69, 9.17) is 27.5 Å². The van der Waals surface area contributed by atoms with Crippen molar-refractivity contribution in [3.05, 3.63) is 28.8 Å². The first-order valence-corrected chi connectivity index (χ1v) is 7.53. The van der Waals surface area contributed by atoms with Gasteiger partial charge in [-0.15, -0.1) is 0 Å². The Morgan fingerprint density at radius 3 is 2.67 bits per heavy atom. The van der Waals surface area contributed by atoms with Crippen LogP contribution < -0.4 is 10.5 Å². The van der Waals surface area contributed by atoms with Gasteiger partial charge in [0.1, 0.15) is 18.2 Å². The Labute approximate surface area is 111 Å². The van der Waals surface area contributed by atoms with Crippen molar-refractivity contribution >= 4 is 27.3 Å². The molecule has 0 fully saturated rings. The Balaban J connectivity index is 2.67. The standard InChI is InChI=1S/C11H15ClN2O3S/c1-2-18(15,16)6-5-17-10-4-3-8(11(13)14)7-9(10)12/h3-4,7H,2,5-6H2,1H3,(H3,13,14). The number of halogens is 1. The molecule has 1 rings (SSSR count). The molecule has 0 bridgehead atoms. The van der Waals surface area contributed by atoms with Crippen LogP contribution in [0.4, 0.5) is 0 Å². The maximum Gasteiger partial charge on any atom is 0.153 e. The van der Waals surface area contributed by atoms with Gasteiger partial charge in [0.15, 0.2) is 9.84 Å². The summed E-state index contributed by atoms with van der Waals surface area (Å²) in [6.07, 6.45) is 0. The van der Waals surface area contributed by atoms with Crippen molar-refractivity contribution in [3.63, 3.8) is 0 Å². The minimum atomic E-state index is -3.05. The number of nitrogens with one attached hydrogen (secondary N) is 1. The fourth-order valence-corrected chi connectivity index (χ4v) is 2.07. The molecule has 0 aliphatic carbocycles. The summed E-state index contributed by atoms with van der Waals surface area (Å²) >= 11 is 5.93. The van der Waals surface area contributed by atoms with Gasteiger partial charge < -0.3 is 10.5 Å². The van der Waals surface area contributed by atoms with Crippen LogP contribution in [0.5, 0.6) is 5.75 Å². The van der Waals surface area contributed by atoms with Gasteiger partial charge in [-0.2, -0.15) is 0 Å². The monoisotopic (exact) mass is 290 g/mol. The molecule has 7 heteroatoms. The summed E-state index contributed by atoms with van der Waals surface area (Å²) in [5.74, 6) is 0.340. The molecule has 5 nitrogen and oxygen atoms in total. The average molecular weight is 291 g/mol. The third-order valence-corrected chi connectivity index (χ3v) is 4.30. The van der Waals surface area contributed by atoms with E-state index in [1.54, 1.807) is 19.1 Å². The zero-order chi connectivity index (χ0) is 13.8. The molecular weight excluding hydrogens is 276 g/mol. The van der Waals surface area contributed by atoms with Crippen molar-refractivity contribution < 1.29 is 13.2 Å². The molecule has 1 aromatic carbocycles. The number of benzene rings is 1. The summed E-state index contributed by atoms with van der Waals surface area (Å²) < 4.78 is 27.8. The Hall–Kier alpha value is -1.27. The Morgan fingerprint density at radius 2 is 2.17 bits per heavy atom. The molecule has 0 heterocycles. The van der Waals surface area contributed by atoms with Gasteiger partial charge >= 0.3 is 0 Å². The maximum absolute atomic E-state index is 11.3. The molecule has 0 amide bonds. The van der Waals surface area contributed by atoms with Crippen molar-refractivity contribution in [3.8, 4) is 5.75 Å². The molecular formula is C11H15ClN2O3S. The fraction of sp³-hybridized carbons (Fsp3) is 0.364. The van der Waals surface area contributed by atoms with Gasteiger partial charge in [-0.3, -0.25) is 5.41 Å². The van der Waals surface area contributed by atoms with E-state index < -0.39 is 9.84 Å². The summed E-state index contributed by atoms with van der Waals surface area (Å²) in [7, 11) is -3.05. The molecule has 0 aliphatic heterocycles. The minimum absolute atomic E-state index is 0.0473. The number of amidine groups is 1. The highest BCUT2D eigenvalue weighted by molar-refractivity contribution is 7.91. The lowest BCUT2D eigenvalue weighted by molar-refractivity contribution is 0.341. The second kappa shape index (κ2) is 6.06. The topological polar surface area (TPSA) is 93.2 Å². The van der Waals surface area contributed by atoms with Crippen LogP contribution in [0, 0.1) is 5.41 Å². The maximum atomic E-state index is 11.3. The van der Waals surface area contributed by atoms with Crippen molar-refractivity contribution in [1.29, 1.82) is 5.41 Å². The van der Waals surface area contributed by atoms with E-state index >= 15 is 0 Å². The molecule has 100 valence electrons. The van der Waals surface area contributed by atoms with Crippen LogP contribution in [0.25, 0.3) is 0 Å². The molecule has 0 aliphatic rings. The molecule has 0 aromatic heterocycles. The van der Waals surface area contributed by atoms with Crippen LogP contribution >= 0.6 is 11.6 Å². The summed E-state index contributed by atoms with van der Waals surface area (Å²) in [4.78, 5) is 0. The zero-order valence-corrected chi connectivity index (χ0v) is 11.5. The van der Waals surface area contributed by atoms with Gasteiger partial charge in [0.05, 0.1) is 10.8 Å². The number of nitrogen functional groups attached to an aromatic ring is 1.